The van der Waals surface area contributed by atoms with Crippen molar-refractivity contribution >= 4 is 13.8 Å². The zero-order valence-corrected chi connectivity index (χ0v) is 20.7. The molecule has 0 radical (unpaired) electrons. The molecular formula is C20H39O13P. The average molecular weight is 518 g/mol. The summed E-state index contributed by atoms with van der Waals surface area (Å²) in [5.41, 5.74) is 0.359. The summed E-state index contributed by atoms with van der Waals surface area (Å²) < 4.78 is 56.6. The highest BCUT2D eigenvalue weighted by Crippen LogP contribution is 2.35. The van der Waals surface area contributed by atoms with Gasteiger partial charge in [-0.15, -0.1) is 0 Å². The second-order valence-electron chi connectivity index (χ2n) is 6.53. The summed E-state index contributed by atoms with van der Waals surface area (Å²) in [6.07, 6.45) is 0. The molecule has 0 aliphatic heterocycles. The molecule has 0 unspecified atom stereocenters. The zero-order valence-electron chi connectivity index (χ0n) is 19.9. The first kappa shape index (κ1) is 33.0. The molecule has 0 atom stereocenters. The smallest absolute Gasteiger partial charge is 0.460 e. The van der Waals surface area contributed by atoms with Crippen LogP contribution in [0.5, 0.6) is 0 Å². The molecular weight excluding hydrogens is 479 g/mol. The number of phosphoric acid groups is 1. The summed E-state index contributed by atoms with van der Waals surface area (Å²) in [5.74, 6) is -0.424. The lowest BCUT2D eigenvalue weighted by Gasteiger charge is -2.09. The van der Waals surface area contributed by atoms with Gasteiger partial charge in [0, 0.05) is 5.57 Å². The third kappa shape index (κ3) is 27.3. The lowest BCUT2D eigenvalue weighted by atomic mass is 10.4. The minimum atomic E-state index is -4.43. The summed E-state index contributed by atoms with van der Waals surface area (Å²) in [7, 11) is -4.43. The van der Waals surface area contributed by atoms with Crippen LogP contribution in [0.4, 0.5) is 0 Å². The predicted molar refractivity (Wildman–Crippen MR) is 120 cm³/mol. The van der Waals surface area contributed by atoms with E-state index in [-0.39, 0.29) is 19.8 Å². The normalized spacial score (nSPS) is 11.6. The minimum absolute atomic E-state index is 0.0752. The van der Waals surface area contributed by atoms with E-state index >= 15 is 0 Å². The Morgan fingerprint density at radius 2 is 0.853 bits per heavy atom. The molecule has 0 amide bonds. The summed E-state index contributed by atoms with van der Waals surface area (Å²) in [5, 5.41) is 0. The van der Waals surface area contributed by atoms with Crippen molar-refractivity contribution in [2.24, 2.45) is 0 Å². The van der Waals surface area contributed by atoms with Crippen molar-refractivity contribution in [2.45, 2.75) is 6.92 Å². The number of carbonyl (C=O) groups is 1. The fourth-order valence-corrected chi connectivity index (χ4v) is 2.27. The lowest BCUT2D eigenvalue weighted by Crippen LogP contribution is -2.15. The van der Waals surface area contributed by atoms with Crippen LogP contribution in [-0.4, -0.2) is 121 Å². The van der Waals surface area contributed by atoms with E-state index in [1.165, 1.54) is 0 Å². The largest absolute Gasteiger partial charge is 0.469 e. The molecule has 14 heteroatoms. The van der Waals surface area contributed by atoms with Crippen LogP contribution in [0.2, 0.25) is 0 Å². The number of rotatable bonds is 26. The van der Waals surface area contributed by atoms with Crippen molar-refractivity contribution < 1.29 is 61.6 Å². The van der Waals surface area contributed by atoms with Gasteiger partial charge in [-0.1, -0.05) is 6.58 Å². The Morgan fingerprint density at radius 3 is 1.12 bits per heavy atom. The number of hydrogen-bond acceptors (Lipinski definition) is 11. The van der Waals surface area contributed by atoms with Gasteiger partial charge in [-0.3, -0.25) is 4.52 Å². The molecule has 0 bridgehead atoms. The van der Waals surface area contributed by atoms with Crippen LogP contribution in [-0.2, 0) is 51.8 Å². The summed E-state index contributed by atoms with van der Waals surface area (Å²) >= 11 is 0. The van der Waals surface area contributed by atoms with Crippen LogP contribution in [0.15, 0.2) is 12.2 Å². The Labute approximate surface area is 200 Å². The number of esters is 1. The Kier molecular flexibility index (Phi) is 23.1. The fraction of sp³-hybridized carbons (Fsp3) is 0.850. The number of carbonyl (C=O) groups excluding carboxylic acids is 1. The third-order valence-electron chi connectivity index (χ3n) is 3.53. The van der Waals surface area contributed by atoms with E-state index < -0.39 is 13.8 Å². The molecule has 34 heavy (non-hydrogen) atoms. The highest BCUT2D eigenvalue weighted by Gasteiger charge is 2.12. The standard InChI is InChI=1S/C20H39O13P/c1-19(2)20(21)32-17-15-30-13-11-28-9-7-26-5-3-25-4-6-27-8-10-29-12-14-31-16-18-33-34(22,23)24/h1,3-18H2,2H3,(H2,22,23,24). The second-order valence-corrected chi connectivity index (χ2v) is 7.77. The monoisotopic (exact) mass is 518 g/mol. The van der Waals surface area contributed by atoms with Gasteiger partial charge < -0.3 is 47.7 Å². The van der Waals surface area contributed by atoms with Crippen LogP contribution >= 0.6 is 7.82 Å². The maximum Gasteiger partial charge on any atom is 0.469 e. The first-order valence-corrected chi connectivity index (χ1v) is 12.4. The first-order chi connectivity index (χ1) is 16.3. The lowest BCUT2D eigenvalue weighted by molar-refractivity contribution is -0.140. The molecule has 0 spiro atoms. The summed E-state index contributed by atoms with van der Waals surface area (Å²) in [6, 6.07) is 0. The molecule has 202 valence electrons. The number of ether oxygens (including phenoxy) is 8. The quantitative estimate of drug-likeness (QED) is 0.0699. The Balaban J connectivity index is 3.10. The highest BCUT2D eigenvalue weighted by molar-refractivity contribution is 7.46. The van der Waals surface area contributed by atoms with Crippen molar-refractivity contribution in [1.29, 1.82) is 0 Å². The van der Waals surface area contributed by atoms with Gasteiger partial charge in [-0.25, -0.2) is 9.36 Å². The maximum absolute atomic E-state index is 11.1. The molecule has 2 N–H and O–H groups in total. The van der Waals surface area contributed by atoms with E-state index in [9.17, 15) is 9.36 Å². The molecule has 0 aliphatic carbocycles. The number of hydrogen-bond donors (Lipinski definition) is 2. The summed E-state index contributed by atoms with van der Waals surface area (Å²) in [4.78, 5) is 28.1. The van der Waals surface area contributed by atoms with Crippen molar-refractivity contribution in [2.75, 3.05) is 106 Å². The van der Waals surface area contributed by atoms with E-state index in [0.717, 1.165) is 0 Å². The molecule has 13 nitrogen and oxygen atoms in total. The maximum atomic E-state index is 11.1. The van der Waals surface area contributed by atoms with E-state index in [0.29, 0.717) is 91.5 Å². The van der Waals surface area contributed by atoms with Crippen LogP contribution in [0, 0.1) is 0 Å². The van der Waals surface area contributed by atoms with E-state index in [1.54, 1.807) is 6.92 Å². The topological polar surface area (TPSA) is 158 Å². The van der Waals surface area contributed by atoms with Gasteiger partial charge >= 0.3 is 13.8 Å². The molecule has 0 aliphatic rings. The highest BCUT2D eigenvalue weighted by atomic mass is 31.2. The second kappa shape index (κ2) is 23.8. The predicted octanol–water partition coefficient (Wildman–Crippen LogP) is 0.331. The van der Waals surface area contributed by atoms with Gasteiger partial charge in [0.1, 0.15) is 6.61 Å². The van der Waals surface area contributed by atoms with Gasteiger partial charge in [0.15, 0.2) is 0 Å². The molecule has 0 aromatic heterocycles. The van der Waals surface area contributed by atoms with E-state index in [1.807, 2.05) is 0 Å². The molecule has 0 aromatic rings. The Morgan fingerprint density at radius 1 is 0.588 bits per heavy atom. The number of phosphoric ester groups is 1. The molecule has 0 rings (SSSR count). The van der Waals surface area contributed by atoms with E-state index in [2.05, 4.69) is 11.1 Å². The van der Waals surface area contributed by atoms with E-state index in [4.69, 9.17) is 47.7 Å². The van der Waals surface area contributed by atoms with Crippen LogP contribution in [0.1, 0.15) is 6.92 Å². The van der Waals surface area contributed by atoms with Gasteiger partial charge in [-0.2, -0.15) is 0 Å². The molecule has 0 saturated heterocycles. The molecule has 0 saturated carbocycles. The SMILES string of the molecule is C=C(C)C(=O)OCCOCCOCCOCCOCCOCCOCCOCCOP(=O)(O)O. The fourth-order valence-electron chi connectivity index (χ4n) is 1.95. The molecule has 0 aromatic carbocycles. The van der Waals surface area contributed by atoms with Crippen LogP contribution in [0.25, 0.3) is 0 Å². The van der Waals surface area contributed by atoms with Crippen LogP contribution in [0.3, 0.4) is 0 Å². The Hall–Kier alpha value is -0.960. The average Bonchev–Trinajstić information content (AvgIpc) is 2.78. The third-order valence-corrected chi connectivity index (χ3v) is 4.05. The summed E-state index contributed by atoms with van der Waals surface area (Å²) in [6.45, 7) is 10.5. The van der Waals surface area contributed by atoms with Crippen molar-refractivity contribution in [3.63, 3.8) is 0 Å². The Bertz CT molecular complexity index is 541. The van der Waals surface area contributed by atoms with Crippen molar-refractivity contribution in [3.8, 4) is 0 Å². The van der Waals surface area contributed by atoms with Gasteiger partial charge in [0.05, 0.1) is 99.1 Å². The van der Waals surface area contributed by atoms with Gasteiger partial charge in [0.2, 0.25) is 0 Å². The molecule has 0 heterocycles. The van der Waals surface area contributed by atoms with Crippen molar-refractivity contribution in [1.82, 2.24) is 0 Å². The van der Waals surface area contributed by atoms with Gasteiger partial charge in [0.25, 0.3) is 0 Å². The van der Waals surface area contributed by atoms with Gasteiger partial charge in [-0.05, 0) is 6.92 Å². The van der Waals surface area contributed by atoms with Crippen molar-refractivity contribution in [3.05, 3.63) is 12.2 Å². The molecule has 0 fully saturated rings. The first-order valence-electron chi connectivity index (χ1n) is 10.9. The zero-order chi connectivity index (χ0) is 25.3. The minimum Gasteiger partial charge on any atom is -0.460 e. The van der Waals surface area contributed by atoms with Crippen LogP contribution < -0.4 is 0 Å².